The number of hydrogen-bond acceptors (Lipinski definition) is 4. The molecule has 0 bridgehead atoms. The summed E-state index contributed by atoms with van der Waals surface area (Å²) >= 11 is 0. The van der Waals surface area contributed by atoms with Crippen LogP contribution in [0.3, 0.4) is 0 Å². The molecule has 1 aliphatic rings. The lowest BCUT2D eigenvalue weighted by molar-refractivity contribution is 0.142. The standard InChI is InChI=1S/C13H18N2O4/c1-18-10-3-4-11(12(9-10)19-2)14-5-7-15(8-6-14)13(16)17/h3-4,9H,5-8H2,1-2H3,(H,16,17). The molecule has 19 heavy (non-hydrogen) atoms. The lowest BCUT2D eigenvalue weighted by Crippen LogP contribution is -2.48. The summed E-state index contributed by atoms with van der Waals surface area (Å²) in [5.74, 6) is 1.48. The van der Waals surface area contributed by atoms with Gasteiger partial charge in [-0.15, -0.1) is 0 Å². The fraction of sp³-hybridized carbons (Fsp3) is 0.462. The van der Waals surface area contributed by atoms with Gasteiger partial charge in [0.2, 0.25) is 0 Å². The average molecular weight is 266 g/mol. The minimum atomic E-state index is -0.860. The van der Waals surface area contributed by atoms with E-state index in [2.05, 4.69) is 4.90 Å². The van der Waals surface area contributed by atoms with Crippen LogP contribution in [0.15, 0.2) is 18.2 Å². The molecule has 1 aromatic rings. The molecule has 1 heterocycles. The van der Waals surface area contributed by atoms with Crippen LogP contribution in [-0.2, 0) is 0 Å². The summed E-state index contributed by atoms with van der Waals surface area (Å²) in [6.45, 7) is 2.33. The van der Waals surface area contributed by atoms with E-state index in [1.807, 2.05) is 18.2 Å². The monoisotopic (exact) mass is 266 g/mol. The van der Waals surface area contributed by atoms with E-state index in [-0.39, 0.29) is 0 Å². The van der Waals surface area contributed by atoms with E-state index in [1.165, 1.54) is 4.90 Å². The zero-order valence-electron chi connectivity index (χ0n) is 11.1. The number of amides is 1. The quantitative estimate of drug-likeness (QED) is 0.898. The fourth-order valence-corrected chi connectivity index (χ4v) is 2.18. The van der Waals surface area contributed by atoms with Gasteiger partial charge in [-0.1, -0.05) is 0 Å². The lowest BCUT2D eigenvalue weighted by Gasteiger charge is -2.35. The molecule has 2 rings (SSSR count). The van der Waals surface area contributed by atoms with Crippen LogP contribution in [0.5, 0.6) is 11.5 Å². The number of ether oxygens (including phenoxy) is 2. The van der Waals surface area contributed by atoms with Gasteiger partial charge in [0.05, 0.1) is 19.9 Å². The topological polar surface area (TPSA) is 62.2 Å². The number of anilines is 1. The summed E-state index contributed by atoms with van der Waals surface area (Å²) in [6, 6.07) is 5.65. The number of rotatable bonds is 3. The van der Waals surface area contributed by atoms with Gasteiger partial charge in [-0.3, -0.25) is 0 Å². The molecule has 0 aliphatic carbocycles. The highest BCUT2D eigenvalue weighted by Gasteiger charge is 2.22. The second-order valence-corrected chi connectivity index (χ2v) is 4.29. The minimum absolute atomic E-state index is 0.504. The van der Waals surface area contributed by atoms with Crippen molar-refractivity contribution < 1.29 is 19.4 Å². The number of carbonyl (C=O) groups is 1. The molecule has 1 N–H and O–H groups in total. The number of methoxy groups -OCH3 is 2. The molecule has 1 aromatic carbocycles. The third kappa shape index (κ3) is 2.83. The molecule has 1 aliphatic heterocycles. The van der Waals surface area contributed by atoms with Gasteiger partial charge in [-0.25, -0.2) is 4.79 Å². The van der Waals surface area contributed by atoms with Gasteiger partial charge in [-0.05, 0) is 12.1 Å². The molecule has 6 nitrogen and oxygen atoms in total. The van der Waals surface area contributed by atoms with E-state index >= 15 is 0 Å². The molecule has 1 fully saturated rings. The predicted molar refractivity (Wildman–Crippen MR) is 71.4 cm³/mol. The Kier molecular flexibility index (Phi) is 3.99. The maximum absolute atomic E-state index is 10.9. The molecule has 1 amide bonds. The van der Waals surface area contributed by atoms with Crippen molar-refractivity contribution in [2.24, 2.45) is 0 Å². The maximum Gasteiger partial charge on any atom is 0.407 e. The molecular formula is C13H18N2O4. The molecule has 0 unspecified atom stereocenters. The van der Waals surface area contributed by atoms with Gasteiger partial charge in [0.15, 0.2) is 0 Å². The molecule has 0 saturated carbocycles. The molecule has 104 valence electrons. The van der Waals surface area contributed by atoms with Gasteiger partial charge in [-0.2, -0.15) is 0 Å². The Morgan fingerprint density at radius 2 is 1.84 bits per heavy atom. The number of carboxylic acid groups (broad SMARTS) is 1. The number of nitrogens with zero attached hydrogens (tertiary/aromatic N) is 2. The number of benzene rings is 1. The Bertz CT molecular complexity index is 456. The van der Waals surface area contributed by atoms with Gasteiger partial charge in [0.25, 0.3) is 0 Å². The molecule has 0 spiro atoms. The van der Waals surface area contributed by atoms with Crippen molar-refractivity contribution in [3.05, 3.63) is 18.2 Å². The molecule has 1 saturated heterocycles. The SMILES string of the molecule is COc1ccc(N2CCN(C(=O)O)CC2)c(OC)c1. The van der Waals surface area contributed by atoms with Crippen LogP contribution in [0, 0.1) is 0 Å². The predicted octanol–water partition coefficient (Wildman–Crippen LogP) is 1.50. The van der Waals surface area contributed by atoms with Crippen molar-refractivity contribution >= 4 is 11.8 Å². The maximum atomic E-state index is 10.9. The van der Waals surface area contributed by atoms with Crippen molar-refractivity contribution in [1.82, 2.24) is 4.90 Å². The van der Waals surface area contributed by atoms with Gasteiger partial charge in [0.1, 0.15) is 11.5 Å². The average Bonchev–Trinajstić information content (AvgIpc) is 2.46. The van der Waals surface area contributed by atoms with E-state index in [4.69, 9.17) is 14.6 Å². The van der Waals surface area contributed by atoms with E-state index in [9.17, 15) is 4.79 Å². The first-order chi connectivity index (χ1) is 9.15. The number of hydrogen-bond donors (Lipinski definition) is 1. The lowest BCUT2D eigenvalue weighted by atomic mass is 10.2. The van der Waals surface area contributed by atoms with Crippen LogP contribution in [0.2, 0.25) is 0 Å². The summed E-state index contributed by atoms with van der Waals surface area (Å²) < 4.78 is 10.5. The van der Waals surface area contributed by atoms with Crippen LogP contribution in [0.25, 0.3) is 0 Å². The Morgan fingerprint density at radius 3 is 2.37 bits per heavy atom. The Morgan fingerprint density at radius 1 is 1.16 bits per heavy atom. The van der Waals surface area contributed by atoms with Crippen molar-refractivity contribution in [3.63, 3.8) is 0 Å². The van der Waals surface area contributed by atoms with Gasteiger partial charge in [0, 0.05) is 32.2 Å². The van der Waals surface area contributed by atoms with Crippen LogP contribution in [-0.4, -0.2) is 56.5 Å². The third-order valence-electron chi connectivity index (χ3n) is 3.28. The van der Waals surface area contributed by atoms with Crippen molar-refractivity contribution in [3.8, 4) is 11.5 Å². The highest BCUT2D eigenvalue weighted by molar-refractivity contribution is 5.66. The molecule has 6 heteroatoms. The Hall–Kier alpha value is -2.11. The first-order valence-corrected chi connectivity index (χ1v) is 6.10. The largest absolute Gasteiger partial charge is 0.497 e. The zero-order valence-corrected chi connectivity index (χ0v) is 11.1. The van der Waals surface area contributed by atoms with Crippen molar-refractivity contribution in [1.29, 1.82) is 0 Å². The first kappa shape index (κ1) is 13.3. The highest BCUT2D eigenvalue weighted by Crippen LogP contribution is 2.32. The van der Waals surface area contributed by atoms with E-state index in [0.717, 1.165) is 17.2 Å². The zero-order chi connectivity index (χ0) is 13.8. The summed E-state index contributed by atoms with van der Waals surface area (Å²) in [4.78, 5) is 14.4. The van der Waals surface area contributed by atoms with Gasteiger partial charge >= 0.3 is 6.09 Å². The molecule has 0 radical (unpaired) electrons. The smallest absolute Gasteiger partial charge is 0.407 e. The Labute approximate surface area is 112 Å². The highest BCUT2D eigenvalue weighted by atomic mass is 16.5. The Balaban J connectivity index is 2.12. The van der Waals surface area contributed by atoms with Crippen LogP contribution >= 0.6 is 0 Å². The minimum Gasteiger partial charge on any atom is -0.497 e. The van der Waals surface area contributed by atoms with E-state index < -0.39 is 6.09 Å². The summed E-state index contributed by atoms with van der Waals surface area (Å²) in [7, 11) is 3.23. The molecule has 0 aromatic heterocycles. The van der Waals surface area contributed by atoms with Crippen LogP contribution < -0.4 is 14.4 Å². The molecular weight excluding hydrogens is 248 g/mol. The summed E-state index contributed by atoms with van der Waals surface area (Å²) in [6.07, 6.45) is -0.860. The van der Waals surface area contributed by atoms with Gasteiger partial charge < -0.3 is 24.4 Å². The van der Waals surface area contributed by atoms with Crippen molar-refractivity contribution in [2.45, 2.75) is 0 Å². The van der Waals surface area contributed by atoms with E-state index in [1.54, 1.807) is 14.2 Å². The summed E-state index contributed by atoms with van der Waals surface area (Å²) in [5.41, 5.74) is 0.966. The first-order valence-electron chi connectivity index (χ1n) is 6.10. The number of piperazine rings is 1. The second-order valence-electron chi connectivity index (χ2n) is 4.29. The van der Waals surface area contributed by atoms with Crippen LogP contribution in [0.4, 0.5) is 10.5 Å². The molecule has 0 atom stereocenters. The summed E-state index contributed by atoms with van der Waals surface area (Å²) in [5, 5.41) is 8.93. The normalized spacial score (nSPS) is 15.3. The van der Waals surface area contributed by atoms with E-state index in [0.29, 0.717) is 26.2 Å². The second kappa shape index (κ2) is 5.69. The van der Waals surface area contributed by atoms with Crippen LogP contribution in [0.1, 0.15) is 0 Å². The fourth-order valence-electron chi connectivity index (χ4n) is 2.18. The third-order valence-corrected chi connectivity index (χ3v) is 3.28. The van der Waals surface area contributed by atoms with Crippen molar-refractivity contribution in [2.75, 3.05) is 45.3 Å².